The fourth-order valence-electron chi connectivity index (χ4n) is 1.99. The molecule has 0 atom stereocenters. The van der Waals surface area contributed by atoms with Crippen molar-refractivity contribution in [2.45, 2.75) is 6.92 Å². The summed E-state index contributed by atoms with van der Waals surface area (Å²) in [6.45, 7) is 2.01. The van der Waals surface area contributed by atoms with Gasteiger partial charge in [-0.3, -0.25) is 0 Å². The Labute approximate surface area is 141 Å². The van der Waals surface area contributed by atoms with Gasteiger partial charge >= 0.3 is 0 Å². The minimum atomic E-state index is 0.333. The van der Waals surface area contributed by atoms with E-state index in [0.717, 1.165) is 16.0 Å². The Morgan fingerprint density at radius 3 is 2.24 bits per heavy atom. The molecule has 0 spiro atoms. The van der Waals surface area contributed by atoms with Crippen molar-refractivity contribution in [3.8, 4) is 21.8 Å². The highest BCUT2D eigenvalue weighted by molar-refractivity contribution is 7.19. The highest BCUT2D eigenvalue weighted by Gasteiger charge is 2.15. The number of aryl methyl sites for hydroxylation is 1. The van der Waals surface area contributed by atoms with E-state index in [9.17, 15) is 0 Å². The molecular weight excluding hydrogens is 347 g/mol. The van der Waals surface area contributed by atoms with Crippen molar-refractivity contribution in [2.24, 2.45) is 0 Å². The number of thiophene rings is 1. The molecule has 0 saturated heterocycles. The summed E-state index contributed by atoms with van der Waals surface area (Å²) in [7, 11) is 0. The predicted molar refractivity (Wildman–Crippen MR) is 90.5 cm³/mol. The lowest BCUT2D eigenvalue weighted by atomic mass is 10.1. The second kappa shape index (κ2) is 5.93. The number of benzene rings is 1. The summed E-state index contributed by atoms with van der Waals surface area (Å²) in [4.78, 5) is 9.52. The predicted octanol–water partition coefficient (Wildman–Crippen LogP) is 6.14. The quantitative estimate of drug-likeness (QED) is 0.516. The Morgan fingerprint density at radius 2 is 1.67 bits per heavy atom. The molecule has 0 unspecified atom stereocenters. The van der Waals surface area contributed by atoms with Crippen molar-refractivity contribution in [2.75, 3.05) is 0 Å². The molecule has 0 saturated carbocycles. The van der Waals surface area contributed by atoms with Crippen LogP contribution in [0.1, 0.15) is 5.56 Å². The summed E-state index contributed by atoms with van der Waals surface area (Å²) in [6.07, 6.45) is 0. The van der Waals surface area contributed by atoms with Crippen molar-refractivity contribution < 1.29 is 0 Å². The maximum atomic E-state index is 6.31. The number of halogens is 3. The molecule has 0 radical (unpaired) electrons. The molecule has 0 aliphatic rings. The average Bonchev–Trinajstić information content (AvgIpc) is 2.85. The molecule has 3 aromatic rings. The van der Waals surface area contributed by atoms with E-state index in [0.29, 0.717) is 26.0 Å². The zero-order valence-corrected chi connectivity index (χ0v) is 14.0. The third-order valence-corrected chi connectivity index (χ3v) is 4.70. The van der Waals surface area contributed by atoms with Gasteiger partial charge in [-0.1, -0.05) is 64.6 Å². The number of rotatable bonds is 2. The van der Waals surface area contributed by atoms with E-state index in [1.54, 1.807) is 6.07 Å². The van der Waals surface area contributed by atoms with Crippen LogP contribution >= 0.6 is 46.1 Å². The van der Waals surface area contributed by atoms with Crippen LogP contribution in [0.3, 0.4) is 0 Å². The highest BCUT2D eigenvalue weighted by atomic mass is 35.5. The van der Waals surface area contributed by atoms with Crippen molar-refractivity contribution in [3.63, 3.8) is 0 Å². The van der Waals surface area contributed by atoms with Crippen LogP contribution < -0.4 is 0 Å². The van der Waals surface area contributed by atoms with Crippen LogP contribution in [-0.4, -0.2) is 9.97 Å². The van der Waals surface area contributed by atoms with Crippen LogP contribution in [0, 0.1) is 6.92 Å². The topological polar surface area (TPSA) is 25.8 Å². The van der Waals surface area contributed by atoms with E-state index < -0.39 is 0 Å². The summed E-state index contributed by atoms with van der Waals surface area (Å²) in [5.74, 6) is 0.485. The monoisotopic (exact) mass is 354 g/mol. The van der Waals surface area contributed by atoms with Crippen molar-refractivity contribution in [1.29, 1.82) is 0 Å². The molecule has 0 amide bonds. The second-order valence-corrected chi connectivity index (χ2v) is 6.91. The third-order valence-electron chi connectivity index (χ3n) is 2.92. The minimum Gasteiger partial charge on any atom is -0.215 e. The molecule has 0 aliphatic carbocycles. The summed E-state index contributed by atoms with van der Waals surface area (Å²) in [6, 6.07) is 11.5. The molecule has 1 aromatic carbocycles. The zero-order chi connectivity index (χ0) is 15.0. The van der Waals surface area contributed by atoms with E-state index in [-0.39, 0.29) is 0 Å². The number of hydrogen-bond acceptors (Lipinski definition) is 3. The summed E-state index contributed by atoms with van der Waals surface area (Å²) < 4.78 is 0.670. The number of aromatic nitrogens is 2. The molecule has 6 heteroatoms. The molecule has 2 nitrogen and oxygen atoms in total. The van der Waals surface area contributed by atoms with Crippen LogP contribution in [0.2, 0.25) is 14.6 Å². The standard InChI is InChI=1S/C15H9Cl3N2S/c1-8-3-2-4-9(7-8)12-13(17)19-15(20-14(12)18)10-5-6-11(16)21-10/h2-7H,1H3. The van der Waals surface area contributed by atoms with E-state index >= 15 is 0 Å². The van der Waals surface area contributed by atoms with Gasteiger partial charge in [-0.05, 0) is 24.6 Å². The van der Waals surface area contributed by atoms with Crippen LogP contribution in [0.5, 0.6) is 0 Å². The van der Waals surface area contributed by atoms with Crippen LogP contribution in [0.15, 0.2) is 36.4 Å². The Bertz CT molecular complexity index is 791. The van der Waals surface area contributed by atoms with Crippen LogP contribution in [0.25, 0.3) is 21.8 Å². The first kappa shape index (κ1) is 14.8. The summed E-state index contributed by atoms with van der Waals surface area (Å²) in [5.41, 5.74) is 2.67. The molecule has 2 heterocycles. The van der Waals surface area contributed by atoms with Gasteiger partial charge in [-0.15, -0.1) is 11.3 Å². The molecule has 3 rings (SSSR count). The maximum absolute atomic E-state index is 6.31. The van der Waals surface area contributed by atoms with Gasteiger partial charge in [-0.25, -0.2) is 9.97 Å². The Balaban J connectivity index is 2.12. The fraction of sp³-hybridized carbons (Fsp3) is 0.0667. The lowest BCUT2D eigenvalue weighted by Crippen LogP contribution is -1.93. The van der Waals surface area contributed by atoms with Gasteiger partial charge < -0.3 is 0 Å². The summed E-state index contributed by atoms with van der Waals surface area (Å²) in [5, 5.41) is 0.667. The first-order chi connectivity index (χ1) is 10.0. The maximum Gasteiger partial charge on any atom is 0.172 e. The van der Waals surface area contributed by atoms with Crippen LogP contribution in [0.4, 0.5) is 0 Å². The second-order valence-electron chi connectivity index (χ2n) is 4.48. The van der Waals surface area contributed by atoms with Gasteiger partial charge in [0.25, 0.3) is 0 Å². The lowest BCUT2D eigenvalue weighted by Gasteiger charge is -2.08. The normalized spacial score (nSPS) is 10.9. The van der Waals surface area contributed by atoms with Crippen molar-refractivity contribution in [3.05, 3.63) is 56.6 Å². The molecule has 0 bridgehead atoms. The smallest absolute Gasteiger partial charge is 0.172 e. The molecule has 21 heavy (non-hydrogen) atoms. The average molecular weight is 356 g/mol. The Morgan fingerprint density at radius 1 is 0.952 bits per heavy atom. The lowest BCUT2D eigenvalue weighted by molar-refractivity contribution is 1.19. The van der Waals surface area contributed by atoms with Gasteiger partial charge in [-0.2, -0.15) is 0 Å². The van der Waals surface area contributed by atoms with Gasteiger partial charge in [0.2, 0.25) is 0 Å². The van der Waals surface area contributed by atoms with Crippen LogP contribution in [-0.2, 0) is 0 Å². The van der Waals surface area contributed by atoms with E-state index in [1.165, 1.54) is 11.3 Å². The van der Waals surface area contributed by atoms with Crippen molar-refractivity contribution in [1.82, 2.24) is 9.97 Å². The van der Waals surface area contributed by atoms with E-state index in [1.807, 2.05) is 37.3 Å². The SMILES string of the molecule is Cc1cccc(-c2c(Cl)nc(-c3ccc(Cl)s3)nc2Cl)c1. The minimum absolute atomic E-state index is 0.333. The van der Waals surface area contributed by atoms with Gasteiger partial charge in [0.1, 0.15) is 10.3 Å². The number of hydrogen-bond donors (Lipinski definition) is 0. The van der Waals surface area contributed by atoms with Gasteiger partial charge in [0.15, 0.2) is 5.82 Å². The Hall–Kier alpha value is -1.13. The number of nitrogens with zero attached hydrogens (tertiary/aromatic N) is 2. The third kappa shape index (κ3) is 3.06. The van der Waals surface area contributed by atoms with Gasteiger partial charge in [0, 0.05) is 0 Å². The molecule has 0 N–H and O–H groups in total. The Kier molecular flexibility index (Phi) is 4.18. The van der Waals surface area contributed by atoms with Gasteiger partial charge in [0.05, 0.1) is 14.8 Å². The largest absolute Gasteiger partial charge is 0.215 e. The molecule has 2 aromatic heterocycles. The fourth-order valence-corrected chi connectivity index (χ4v) is 3.57. The molecule has 0 aliphatic heterocycles. The van der Waals surface area contributed by atoms with E-state index in [2.05, 4.69) is 9.97 Å². The zero-order valence-electron chi connectivity index (χ0n) is 10.9. The van der Waals surface area contributed by atoms with E-state index in [4.69, 9.17) is 34.8 Å². The first-order valence-electron chi connectivity index (χ1n) is 6.10. The molecule has 106 valence electrons. The molecule has 0 fully saturated rings. The highest BCUT2D eigenvalue weighted by Crippen LogP contribution is 2.36. The first-order valence-corrected chi connectivity index (χ1v) is 8.05. The summed E-state index contributed by atoms with van der Waals surface area (Å²) >= 11 is 19.9. The van der Waals surface area contributed by atoms with Crippen molar-refractivity contribution >= 4 is 46.1 Å². The molecular formula is C15H9Cl3N2S.